The van der Waals surface area contributed by atoms with Crippen LogP contribution >= 0.6 is 0 Å². The third-order valence-electron chi connectivity index (χ3n) is 6.22. The third-order valence-corrected chi connectivity index (χ3v) is 6.22. The van der Waals surface area contributed by atoms with E-state index in [1.54, 1.807) is 35.2 Å². The second kappa shape index (κ2) is 9.43. The molecule has 0 unspecified atom stereocenters. The lowest BCUT2D eigenvalue weighted by molar-refractivity contribution is 0.0585. The van der Waals surface area contributed by atoms with Gasteiger partial charge in [0.2, 0.25) is 5.76 Å². The summed E-state index contributed by atoms with van der Waals surface area (Å²) in [6, 6.07) is 9.79. The summed E-state index contributed by atoms with van der Waals surface area (Å²) in [6.07, 6.45) is 0.703. The number of carbonyl (C=O) groups is 2. The Bertz CT molecular complexity index is 1310. The highest BCUT2D eigenvalue weighted by Crippen LogP contribution is 2.38. The predicted octanol–water partition coefficient (Wildman–Crippen LogP) is 4.56. The largest absolute Gasteiger partial charge is 0.465 e. The van der Waals surface area contributed by atoms with E-state index in [0.29, 0.717) is 41.7 Å². The lowest BCUT2D eigenvalue weighted by Crippen LogP contribution is -2.31. The molecule has 0 radical (unpaired) electrons. The quantitative estimate of drug-likeness (QED) is 0.377. The van der Waals surface area contributed by atoms with Crippen LogP contribution in [0.5, 0.6) is 0 Å². The van der Waals surface area contributed by atoms with Gasteiger partial charge in [0.15, 0.2) is 5.43 Å². The van der Waals surface area contributed by atoms with Gasteiger partial charge in [-0.15, -0.1) is 0 Å². The minimum Gasteiger partial charge on any atom is -0.465 e. The summed E-state index contributed by atoms with van der Waals surface area (Å²) >= 11 is 0. The van der Waals surface area contributed by atoms with Gasteiger partial charge in [0.25, 0.3) is 5.91 Å². The number of benzene rings is 2. The molecule has 0 fully saturated rings. The van der Waals surface area contributed by atoms with Crippen molar-refractivity contribution in [3.05, 3.63) is 80.2 Å². The number of esters is 1. The highest BCUT2D eigenvalue weighted by Gasteiger charge is 2.42. The van der Waals surface area contributed by atoms with E-state index in [-0.39, 0.29) is 23.2 Å². The number of fused-ring (bicyclic) bond motifs is 2. The molecule has 0 saturated carbocycles. The maximum absolute atomic E-state index is 13.7. The fraction of sp³-hybridized carbons (Fsp3) is 0.370. The first kappa shape index (κ1) is 23.7. The maximum Gasteiger partial charge on any atom is 0.337 e. The number of hydrogen-bond acceptors (Lipinski definition) is 6. The van der Waals surface area contributed by atoms with Crippen LogP contribution in [-0.4, -0.2) is 43.1 Å². The molecule has 7 nitrogen and oxygen atoms in total. The summed E-state index contributed by atoms with van der Waals surface area (Å²) in [6.45, 7) is 8.69. The second-order valence-electron chi connectivity index (χ2n) is 8.89. The molecule has 3 aromatic rings. The Hall–Kier alpha value is -3.45. The van der Waals surface area contributed by atoms with Gasteiger partial charge in [-0.3, -0.25) is 9.59 Å². The van der Waals surface area contributed by atoms with Crippen LogP contribution in [0.1, 0.15) is 69.5 Å². The number of carbonyl (C=O) groups excluding carboxylic acids is 2. The summed E-state index contributed by atoms with van der Waals surface area (Å²) < 4.78 is 16.5. The monoisotopic (exact) mass is 463 g/mol. The van der Waals surface area contributed by atoms with E-state index in [1.165, 1.54) is 7.11 Å². The Kier molecular flexibility index (Phi) is 6.57. The number of amides is 1. The normalized spacial score (nSPS) is 15.3. The molecule has 1 aromatic heterocycles. The highest BCUT2D eigenvalue weighted by molar-refractivity contribution is 5.99. The van der Waals surface area contributed by atoms with Gasteiger partial charge in [-0.1, -0.05) is 12.1 Å². The van der Waals surface area contributed by atoms with E-state index < -0.39 is 12.0 Å². The van der Waals surface area contributed by atoms with Crippen LogP contribution in [0, 0.1) is 13.8 Å². The van der Waals surface area contributed by atoms with Crippen molar-refractivity contribution in [2.24, 2.45) is 0 Å². The van der Waals surface area contributed by atoms with Gasteiger partial charge in [-0.25, -0.2) is 4.79 Å². The number of methoxy groups -OCH3 is 1. The number of rotatable bonds is 7. The van der Waals surface area contributed by atoms with Crippen LogP contribution in [-0.2, 0) is 9.47 Å². The van der Waals surface area contributed by atoms with E-state index >= 15 is 0 Å². The van der Waals surface area contributed by atoms with Gasteiger partial charge < -0.3 is 18.8 Å². The van der Waals surface area contributed by atoms with Gasteiger partial charge in [0.1, 0.15) is 5.58 Å². The van der Waals surface area contributed by atoms with Crippen molar-refractivity contribution in [1.82, 2.24) is 4.90 Å². The van der Waals surface area contributed by atoms with Crippen LogP contribution in [0.3, 0.4) is 0 Å². The zero-order valence-electron chi connectivity index (χ0n) is 20.1. The third kappa shape index (κ3) is 4.23. The molecule has 7 heteroatoms. The summed E-state index contributed by atoms with van der Waals surface area (Å²) in [5.41, 5.74) is 3.60. The maximum atomic E-state index is 13.7. The van der Waals surface area contributed by atoms with Crippen LogP contribution < -0.4 is 5.43 Å². The molecule has 0 bridgehead atoms. The molecule has 0 saturated heterocycles. The minimum atomic E-state index is -0.615. The molecule has 178 valence electrons. The molecule has 2 aromatic carbocycles. The second-order valence-corrected chi connectivity index (χ2v) is 8.89. The molecule has 0 spiro atoms. The molecular weight excluding hydrogens is 434 g/mol. The summed E-state index contributed by atoms with van der Waals surface area (Å²) in [4.78, 5) is 40.7. The standard InChI is InChI=1S/C27H29NO6/c1-15(2)33-12-6-11-28-23(18-7-9-19(10-8-18)27(31)32-5)22-24(29)20-13-16(3)17(4)14-21(20)34-25(22)26(28)30/h7-10,13-15,23H,6,11-12H2,1-5H3/t23-/m1/s1. The van der Waals surface area contributed by atoms with Crippen molar-refractivity contribution in [1.29, 1.82) is 0 Å². The van der Waals surface area contributed by atoms with Gasteiger partial charge >= 0.3 is 5.97 Å². The first-order valence-electron chi connectivity index (χ1n) is 11.4. The summed E-state index contributed by atoms with van der Waals surface area (Å²) in [7, 11) is 1.32. The van der Waals surface area contributed by atoms with E-state index in [2.05, 4.69) is 0 Å². The van der Waals surface area contributed by atoms with E-state index in [9.17, 15) is 14.4 Å². The predicted molar refractivity (Wildman–Crippen MR) is 128 cm³/mol. The van der Waals surface area contributed by atoms with Gasteiger partial charge in [0, 0.05) is 13.2 Å². The van der Waals surface area contributed by atoms with Gasteiger partial charge in [0.05, 0.1) is 35.8 Å². The van der Waals surface area contributed by atoms with E-state index in [4.69, 9.17) is 13.9 Å². The van der Waals surface area contributed by atoms with Crippen molar-refractivity contribution >= 4 is 22.8 Å². The Morgan fingerprint density at radius 1 is 1.09 bits per heavy atom. The molecule has 0 aliphatic carbocycles. The molecule has 0 N–H and O–H groups in total. The van der Waals surface area contributed by atoms with Crippen molar-refractivity contribution in [3.8, 4) is 0 Å². The number of nitrogens with zero attached hydrogens (tertiary/aromatic N) is 1. The number of hydrogen-bond donors (Lipinski definition) is 0. The Morgan fingerprint density at radius 3 is 2.41 bits per heavy atom. The zero-order valence-corrected chi connectivity index (χ0v) is 20.1. The van der Waals surface area contributed by atoms with Gasteiger partial charge in [-0.05, 0) is 75.1 Å². The van der Waals surface area contributed by atoms with Crippen LogP contribution in [0.25, 0.3) is 11.0 Å². The molecule has 2 heterocycles. The van der Waals surface area contributed by atoms with Crippen LogP contribution in [0.4, 0.5) is 0 Å². The molecule has 1 aliphatic rings. The smallest absolute Gasteiger partial charge is 0.337 e. The molecule has 4 rings (SSSR count). The topological polar surface area (TPSA) is 86.0 Å². The van der Waals surface area contributed by atoms with Crippen molar-refractivity contribution in [2.75, 3.05) is 20.3 Å². The number of ether oxygens (including phenoxy) is 2. The average molecular weight is 464 g/mol. The van der Waals surface area contributed by atoms with E-state index in [1.807, 2.05) is 33.8 Å². The van der Waals surface area contributed by atoms with Crippen LogP contribution in [0.15, 0.2) is 45.6 Å². The Balaban J connectivity index is 1.82. The fourth-order valence-electron chi connectivity index (χ4n) is 4.33. The molecule has 1 aliphatic heterocycles. The highest BCUT2D eigenvalue weighted by atomic mass is 16.5. The molecule has 1 atom stereocenters. The lowest BCUT2D eigenvalue weighted by Gasteiger charge is -2.25. The average Bonchev–Trinajstić information content (AvgIpc) is 3.09. The zero-order chi connectivity index (χ0) is 24.6. The molecular formula is C27H29NO6. The lowest BCUT2D eigenvalue weighted by atomic mass is 9.96. The first-order valence-corrected chi connectivity index (χ1v) is 11.4. The van der Waals surface area contributed by atoms with Crippen molar-refractivity contribution < 1.29 is 23.5 Å². The minimum absolute atomic E-state index is 0.0765. The van der Waals surface area contributed by atoms with Crippen LogP contribution in [0.2, 0.25) is 0 Å². The summed E-state index contributed by atoms with van der Waals surface area (Å²) in [5.74, 6) is -0.695. The van der Waals surface area contributed by atoms with Gasteiger partial charge in [-0.2, -0.15) is 0 Å². The SMILES string of the molecule is COC(=O)c1ccc([C@@H]2c3c(oc4cc(C)c(C)cc4c3=O)C(=O)N2CCCOC(C)C)cc1. The summed E-state index contributed by atoms with van der Waals surface area (Å²) in [5, 5.41) is 0.454. The number of aryl methyl sites for hydroxylation is 2. The Morgan fingerprint density at radius 2 is 1.76 bits per heavy atom. The molecule has 1 amide bonds. The first-order chi connectivity index (χ1) is 16.2. The van der Waals surface area contributed by atoms with Crippen molar-refractivity contribution in [2.45, 2.75) is 46.3 Å². The molecule has 34 heavy (non-hydrogen) atoms. The Labute approximate surface area is 198 Å². The fourth-order valence-corrected chi connectivity index (χ4v) is 4.33. The van der Waals surface area contributed by atoms with E-state index in [0.717, 1.165) is 16.7 Å². The van der Waals surface area contributed by atoms with Crippen molar-refractivity contribution in [3.63, 3.8) is 0 Å².